The lowest BCUT2D eigenvalue weighted by atomic mass is 9.96. The van der Waals surface area contributed by atoms with Crippen molar-refractivity contribution in [2.24, 2.45) is 5.92 Å². The van der Waals surface area contributed by atoms with Crippen LogP contribution in [0.25, 0.3) is 0 Å². The predicted molar refractivity (Wildman–Crippen MR) is 83.6 cm³/mol. The Morgan fingerprint density at radius 3 is 3.00 bits per heavy atom. The summed E-state index contributed by atoms with van der Waals surface area (Å²) in [6.45, 7) is 4.38. The van der Waals surface area contributed by atoms with Crippen molar-refractivity contribution in [1.82, 2.24) is 10.3 Å². The van der Waals surface area contributed by atoms with E-state index in [9.17, 15) is 0 Å². The molecule has 2 heterocycles. The molecule has 3 atom stereocenters. The number of rotatable bonds is 3. The van der Waals surface area contributed by atoms with Crippen molar-refractivity contribution in [2.45, 2.75) is 44.8 Å². The Labute approximate surface area is 125 Å². The summed E-state index contributed by atoms with van der Waals surface area (Å²) < 4.78 is 5.62. The van der Waals surface area contributed by atoms with E-state index in [1.807, 2.05) is 18.4 Å². The molecule has 20 heavy (non-hydrogen) atoms. The number of methoxy groups -OCH3 is 1. The van der Waals surface area contributed by atoms with Crippen LogP contribution in [-0.2, 0) is 11.2 Å². The maximum absolute atomic E-state index is 5.62. The van der Waals surface area contributed by atoms with Gasteiger partial charge in [-0.1, -0.05) is 18.3 Å². The summed E-state index contributed by atoms with van der Waals surface area (Å²) in [6, 6.07) is 0.506. The van der Waals surface area contributed by atoms with Gasteiger partial charge < -0.3 is 15.0 Å². The van der Waals surface area contributed by atoms with Crippen molar-refractivity contribution in [3.63, 3.8) is 0 Å². The minimum Gasteiger partial charge on any atom is -0.379 e. The largest absolute Gasteiger partial charge is 0.379 e. The third kappa shape index (κ3) is 2.59. The molecule has 4 nitrogen and oxygen atoms in total. The molecule has 0 saturated carbocycles. The van der Waals surface area contributed by atoms with Gasteiger partial charge in [-0.05, 0) is 38.6 Å². The highest BCUT2D eigenvalue weighted by atomic mass is 32.1. The third-order valence-electron chi connectivity index (χ3n) is 4.75. The number of anilines is 1. The Morgan fingerprint density at radius 1 is 1.40 bits per heavy atom. The van der Waals surface area contributed by atoms with Gasteiger partial charge in [-0.2, -0.15) is 0 Å². The summed E-state index contributed by atoms with van der Waals surface area (Å²) in [7, 11) is 3.89. The summed E-state index contributed by atoms with van der Waals surface area (Å²) in [4.78, 5) is 8.80. The minimum atomic E-state index is 0.338. The van der Waals surface area contributed by atoms with Crippen LogP contribution < -0.4 is 10.2 Å². The van der Waals surface area contributed by atoms with E-state index in [4.69, 9.17) is 9.72 Å². The molecule has 112 valence electrons. The van der Waals surface area contributed by atoms with Crippen molar-refractivity contribution < 1.29 is 4.74 Å². The molecular weight excluding hydrogens is 270 g/mol. The first-order valence-electron chi connectivity index (χ1n) is 7.67. The van der Waals surface area contributed by atoms with Gasteiger partial charge in [0.25, 0.3) is 0 Å². The van der Waals surface area contributed by atoms with E-state index in [0.717, 1.165) is 19.5 Å². The van der Waals surface area contributed by atoms with Gasteiger partial charge in [-0.25, -0.2) is 4.98 Å². The smallest absolute Gasteiger partial charge is 0.185 e. The number of fused-ring (bicyclic) bond motifs is 1. The molecule has 5 heteroatoms. The first-order chi connectivity index (χ1) is 9.72. The molecule has 1 aliphatic carbocycles. The summed E-state index contributed by atoms with van der Waals surface area (Å²) >= 11 is 1.89. The molecule has 1 aliphatic heterocycles. The molecule has 1 N–H and O–H groups in total. The Morgan fingerprint density at radius 2 is 2.25 bits per heavy atom. The summed E-state index contributed by atoms with van der Waals surface area (Å²) in [6.07, 6.45) is 5.16. The average molecular weight is 295 g/mol. The zero-order valence-electron chi connectivity index (χ0n) is 12.7. The van der Waals surface area contributed by atoms with Crippen molar-refractivity contribution in [1.29, 1.82) is 0 Å². The Hall–Kier alpha value is -0.650. The molecular formula is C15H25N3OS. The van der Waals surface area contributed by atoms with Gasteiger partial charge in [-0.15, -0.1) is 0 Å². The lowest BCUT2D eigenvalue weighted by molar-refractivity contribution is 0.0498. The van der Waals surface area contributed by atoms with Crippen molar-refractivity contribution >= 4 is 16.5 Å². The highest BCUT2D eigenvalue weighted by Crippen LogP contribution is 2.38. The lowest BCUT2D eigenvalue weighted by Crippen LogP contribution is -2.43. The van der Waals surface area contributed by atoms with Gasteiger partial charge in [0.15, 0.2) is 5.13 Å². The van der Waals surface area contributed by atoms with Gasteiger partial charge in [-0.3, -0.25) is 0 Å². The van der Waals surface area contributed by atoms with Crippen LogP contribution in [0, 0.1) is 5.92 Å². The van der Waals surface area contributed by atoms with E-state index in [0.29, 0.717) is 18.1 Å². The molecule has 1 aromatic heterocycles. The fraction of sp³-hybridized carbons (Fsp3) is 0.800. The molecule has 0 spiro atoms. The number of ether oxygens (including phenoxy) is 1. The first kappa shape index (κ1) is 14.3. The third-order valence-corrected chi connectivity index (χ3v) is 6.02. The molecule has 0 radical (unpaired) electrons. The van der Waals surface area contributed by atoms with Crippen LogP contribution in [0.5, 0.6) is 0 Å². The summed E-state index contributed by atoms with van der Waals surface area (Å²) in [5.74, 6) is 0.649. The monoisotopic (exact) mass is 295 g/mol. The molecule has 1 saturated heterocycles. The highest BCUT2D eigenvalue weighted by Gasteiger charge is 2.30. The van der Waals surface area contributed by atoms with Gasteiger partial charge in [0.05, 0.1) is 11.8 Å². The van der Waals surface area contributed by atoms with Gasteiger partial charge >= 0.3 is 0 Å². The van der Waals surface area contributed by atoms with E-state index in [2.05, 4.69) is 24.2 Å². The van der Waals surface area contributed by atoms with E-state index < -0.39 is 0 Å². The van der Waals surface area contributed by atoms with E-state index in [1.54, 1.807) is 0 Å². The van der Waals surface area contributed by atoms with E-state index in [1.165, 1.54) is 35.0 Å². The average Bonchev–Trinajstić information content (AvgIpc) is 2.91. The number of thiazole rings is 1. The molecule has 0 aromatic carbocycles. The van der Waals surface area contributed by atoms with Crippen molar-refractivity contribution in [3.05, 3.63) is 10.6 Å². The second-order valence-corrected chi connectivity index (χ2v) is 7.04. The number of nitrogens with one attached hydrogen (secondary N) is 1. The van der Waals surface area contributed by atoms with Crippen LogP contribution in [0.1, 0.15) is 42.8 Å². The summed E-state index contributed by atoms with van der Waals surface area (Å²) in [5.41, 5.74) is 1.32. The maximum atomic E-state index is 5.62. The zero-order valence-corrected chi connectivity index (χ0v) is 13.5. The second kappa shape index (κ2) is 6.00. The molecule has 1 aromatic rings. The predicted octanol–water partition coefficient (Wildman–Crippen LogP) is 2.60. The van der Waals surface area contributed by atoms with E-state index in [-0.39, 0.29) is 0 Å². The van der Waals surface area contributed by atoms with Crippen LogP contribution in [-0.4, -0.2) is 38.3 Å². The summed E-state index contributed by atoms with van der Waals surface area (Å²) in [5, 5.41) is 4.63. The number of aromatic nitrogens is 1. The lowest BCUT2D eigenvalue weighted by Gasteiger charge is -2.36. The Bertz CT molecular complexity index is 462. The quantitative estimate of drug-likeness (QED) is 0.930. The van der Waals surface area contributed by atoms with Gasteiger partial charge in [0.1, 0.15) is 0 Å². The van der Waals surface area contributed by atoms with Gasteiger partial charge in [0.2, 0.25) is 0 Å². The van der Waals surface area contributed by atoms with Crippen molar-refractivity contribution in [2.75, 3.05) is 32.1 Å². The van der Waals surface area contributed by atoms with Crippen LogP contribution in [0.3, 0.4) is 0 Å². The topological polar surface area (TPSA) is 37.4 Å². The normalized spacial score (nSPS) is 30.4. The SMILES string of the molecule is CNC1CCCc2nc(N3CCC(C)C(OC)C3)sc21. The standard InChI is InChI=1S/C15H25N3OS/c1-10-7-8-18(9-13(10)19-3)15-17-12-6-4-5-11(16-2)14(12)20-15/h10-11,13,16H,4-9H2,1-3H3. The van der Waals surface area contributed by atoms with E-state index >= 15 is 0 Å². The minimum absolute atomic E-state index is 0.338. The maximum Gasteiger partial charge on any atom is 0.185 e. The number of piperidine rings is 1. The number of hydrogen-bond donors (Lipinski definition) is 1. The van der Waals surface area contributed by atoms with Crippen LogP contribution in [0.4, 0.5) is 5.13 Å². The first-order valence-corrected chi connectivity index (χ1v) is 8.49. The van der Waals surface area contributed by atoms with Crippen LogP contribution in [0.2, 0.25) is 0 Å². The molecule has 3 rings (SSSR count). The molecule has 0 bridgehead atoms. The Balaban J connectivity index is 1.79. The number of aryl methyl sites for hydroxylation is 1. The fourth-order valence-corrected chi connectivity index (χ4v) is 4.62. The van der Waals surface area contributed by atoms with Crippen LogP contribution >= 0.6 is 11.3 Å². The number of nitrogens with zero attached hydrogens (tertiary/aromatic N) is 2. The van der Waals surface area contributed by atoms with Gasteiger partial charge in [0, 0.05) is 31.1 Å². The number of hydrogen-bond acceptors (Lipinski definition) is 5. The molecule has 0 amide bonds. The molecule has 3 unspecified atom stereocenters. The molecule has 2 aliphatic rings. The Kier molecular flexibility index (Phi) is 4.29. The van der Waals surface area contributed by atoms with Crippen LogP contribution in [0.15, 0.2) is 0 Å². The second-order valence-electron chi connectivity index (χ2n) is 6.03. The highest BCUT2D eigenvalue weighted by molar-refractivity contribution is 7.15. The fourth-order valence-electron chi connectivity index (χ4n) is 3.33. The zero-order chi connectivity index (χ0) is 14.1. The molecule has 1 fully saturated rings. The van der Waals surface area contributed by atoms with Crippen molar-refractivity contribution in [3.8, 4) is 0 Å².